The van der Waals surface area contributed by atoms with Gasteiger partial charge in [-0.15, -0.1) is 0 Å². The fraction of sp³-hybridized carbons (Fsp3) is 0.333. The van der Waals surface area contributed by atoms with Crippen molar-refractivity contribution in [2.24, 2.45) is 0 Å². The van der Waals surface area contributed by atoms with Gasteiger partial charge >= 0.3 is 5.97 Å². The summed E-state index contributed by atoms with van der Waals surface area (Å²) in [7, 11) is 0. The van der Waals surface area contributed by atoms with Gasteiger partial charge in [0.15, 0.2) is 0 Å². The Labute approximate surface area is 110 Å². The number of aromatic nitrogens is 1. The van der Waals surface area contributed by atoms with E-state index in [1.807, 2.05) is 0 Å². The number of carbonyl (C=O) groups excluding carboxylic acids is 2. The number of rotatable bonds is 6. The second kappa shape index (κ2) is 7.80. The predicted octanol–water partition coefficient (Wildman–Crippen LogP) is 0.488. The van der Waals surface area contributed by atoms with Gasteiger partial charge in [-0.3, -0.25) is 30.2 Å². The summed E-state index contributed by atoms with van der Waals surface area (Å²) in [6, 6.07) is 3.04. The molecule has 0 bridgehead atoms. The van der Waals surface area contributed by atoms with Gasteiger partial charge < -0.3 is 5.11 Å². The number of carboxylic acids is 1. The van der Waals surface area contributed by atoms with Crippen LogP contribution in [-0.2, 0) is 9.59 Å². The van der Waals surface area contributed by atoms with E-state index in [4.69, 9.17) is 5.11 Å². The summed E-state index contributed by atoms with van der Waals surface area (Å²) < 4.78 is 0. The van der Waals surface area contributed by atoms with Crippen LogP contribution in [0.25, 0.3) is 0 Å². The number of carbonyl (C=O) groups is 3. The molecule has 7 heteroatoms. The van der Waals surface area contributed by atoms with Crippen LogP contribution >= 0.6 is 0 Å². The van der Waals surface area contributed by atoms with Crippen molar-refractivity contribution >= 4 is 17.8 Å². The molecule has 0 fully saturated rings. The number of carboxylic acid groups (broad SMARTS) is 1. The average Bonchev–Trinajstić information content (AvgIpc) is 2.41. The Morgan fingerprint density at radius 1 is 1.05 bits per heavy atom. The molecule has 1 heterocycles. The van der Waals surface area contributed by atoms with Crippen LogP contribution in [-0.4, -0.2) is 27.9 Å². The zero-order valence-corrected chi connectivity index (χ0v) is 10.3. The highest BCUT2D eigenvalue weighted by molar-refractivity contribution is 5.95. The predicted molar refractivity (Wildman–Crippen MR) is 65.9 cm³/mol. The SMILES string of the molecule is O=C(O)CCCCC(=O)NNC(=O)c1ccncc1. The van der Waals surface area contributed by atoms with E-state index < -0.39 is 11.9 Å². The summed E-state index contributed by atoms with van der Waals surface area (Å²) in [5.41, 5.74) is 4.92. The Morgan fingerprint density at radius 3 is 2.32 bits per heavy atom. The summed E-state index contributed by atoms with van der Waals surface area (Å²) in [5, 5.41) is 8.42. The zero-order valence-electron chi connectivity index (χ0n) is 10.3. The minimum atomic E-state index is -0.883. The maximum atomic E-state index is 11.5. The number of hydrogen-bond donors (Lipinski definition) is 3. The first-order valence-corrected chi connectivity index (χ1v) is 5.80. The van der Waals surface area contributed by atoms with Crippen molar-refractivity contribution in [1.82, 2.24) is 15.8 Å². The van der Waals surface area contributed by atoms with Crippen LogP contribution in [0.3, 0.4) is 0 Å². The van der Waals surface area contributed by atoms with E-state index in [2.05, 4.69) is 15.8 Å². The average molecular weight is 265 g/mol. The van der Waals surface area contributed by atoms with E-state index in [1.54, 1.807) is 0 Å². The highest BCUT2D eigenvalue weighted by atomic mass is 16.4. The summed E-state index contributed by atoms with van der Waals surface area (Å²) in [6.07, 6.45) is 4.05. The standard InChI is InChI=1S/C12H15N3O4/c16-10(3-1-2-4-11(17)18)14-15-12(19)9-5-7-13-8-6-9/h5-8H,1-4H2,(H,14,16)(H,15,19)(H,17,18). The van der Waals surface area contributed by atoms with Crippen LogP contribution in [0, 0.1) is 0 Å². The molecular weight excluding hydrogens is 250 g/mol. The molecule has 1 rings (SSSR count). The third-order valence-electron chi connectivity index (χ3n) is 2.30. The molecule has 102 valence electrons. The first kappa shape index (κ1) is 14.6. The van der Waals surface area contributed by atoms with E-state index in [0.29, 0.717) is 18.4 Å². The van der Waals surface area contributed by atoms with Crippen molar-refractivity contribution in [3.05, 3.63) is 30.1 Å². The molecule has 1 aromatic rings. The number of hydrazine groups is 1. The molecule has 0 aromatic carbocycles. The van der Waals surface area contributed by atoms with Crippen LogP contribution in [0.1, 0.15) is 36.0 Å². The Balaban J connectivity index is 2.20. The van der Waals surface area contributed by atoms with Gasteiger partial charge in [-0.2, -0.15) is 0 Å². The number of nitrogens with zero attached hydrogens (tertiary/aromatic N) is 1. The van der Waals surface area contributed by atoms with Gasteiger partial charge in [0.25, 0.3) is 5.91 Å². The van der Waals surface area contributed by atoms with E-state index in [1.165, 1.54) is 24.5 Å². The van der Waals surface area contributed by atoms with Crippen LogP contribution < -0.4 is 10.9 Å². The van der Waals surface area contributed by atoms with Crippen molar-refractivity contribution in [1.29, 1.82) is 0 Å². The Bertz CT molecular complexity index is 448. The lowest BCUT2D eigenvalue weighted by atomic mass is 10.2. The van der Waals surface area contributed by atoms with Crippen molar-refractivity contribution < 1.29 is 19.5 Å². The number of aliphatic carboxylic acids is 1. The molecule has 7 nitrogen and oxygen atoms in total. The summed E-state index contributed by atoms with van der Waals surface area (Å²) in [4.78, 5) is 36.9. The first-order chi connectivity index (χ1) is 9.09. The van der Waals surface area contributed by atoms with Crippen LogP contribution in [0.2, 0.25) is 0 Å². The highest BCUT2D eigenvalue weighted by Gasteiger charge is 2.06. The minimum absolute atomic E-state index is 0.0383. The molecular formula is C12H15N3O4. The lowest BCUT2D eigenvalue weighted by molar-refractivity contribution is -0.137. The molecule has 0 radical (unpaired) electrons. The molecule has 0 atom stereocenters. The van der Waals surface area contributed by atoms with Crippen molar-refractivity contribution in [3.63, 3.8) is 0 Å². The number of hydrogen-bond acceptors (Lipinski definition) is 4. The number of unbranched alkanes of at least 4 members (excludes halogenated alkanes) is 1. The summed E-state index contributed by atoms with van der Waals surface area (Å²) in [6.45, 7) is 0. The second-order valence-electron chi connectivity index (χ2n) is 3.84. The monoisotopic (exact) mass is 265 g/mol. The van der Waals surface area contributed by atoms with Crippen LogP contribution in [0.15, 0.2) is 24.5 Å². The molecule has 0 spiro atoms. The normalized spacial score (nSPS) is 9.68. The molecule has 0 saturated heterocycles. The largest absolute Gasteiger partial charge is 0.481 e. The van der Waals surface area contributed by atoms with Crippen LogP contribution in [0.5, 0.6) is 0 Å². The Hall–Kier alpha value is -2.44. The molecule has 0 unspecified atom stereocenters. The molecule has 0 aliphatic rings. The molecule has 0 saturated carbocycles. The van der Waals surface area contributed by atoms with E-state index in [9.17, 15) is 14.4 Å². The van der Waals surface area contributed by atoms with Gasteiger partial charge in [0.05, 0.1) is 0 Å². The number of pyridine rings is 1. The third kappa shape index (κ3) is 6.16. The molecule has 19 heavy (non-hydrogen) atoms. The fourth-order valence-electron chi connectivity index (χ4n) is 1.33. The lowest BCUT2D eigenvalue weighted by Crippen LogP contribution is -2.41. The van der Waals surface area contributed by atoms with E-state index in [-0.39, 0.29) is 18.7 Å². The lowest BCUT2D eigenvalue weighted by Gasteiger charge is -2.06. The molecule has 0 aliphatic heterocycles. The van der Waals surface area contributed by atoms with Gasteiger partial charge in [0.1, 0.15) is 0 Å². The maximum absolute atomic E-state index is 11.5. The van der Waals surface area contributed by atoms with Gasteiger partial charge in [-0.25, -0.2) is 0 Å². The second-order valence-corrected chi connectivity index (χ2v) is 3.84. The topological polar surface area (TPSA) is 108 Å². The van der Waals surface area contributed by atoms with E-state index in [0.717, 1.165) is 0 Å². The maximum Gasteiger partial charge on any atom is 0.303 e. The van der Waals surface area contributed by atoms with E-state index >= 15 is 0 Å². The van der Waals surface area contributed by atoms with Crippen molar-refractivity contribution in [2.75, 3.05) is 0 Å². The third-order valence-corrected chi connectivity index (χ3v) is 2.30. The van der Waals surface area contributed by atoms with Crippen molar-refractivity contribution in [3.8, 4) is 0 Å². The molecule has 2 amide bonds. The molecule has 0 aliphatic carbocycles. The van der Waals surface area contributed by atoms with Crippen LogP contribution in [0.4, 0.5) is 0 Å². The first-order valence-electron chi connectivity index (χ1n) is 5.80. The quantitative estimate of drug-likeness (QED) is 0.512. The summed E-state index contributed by atoms with van der Waals surface area (Å²) >= 11 is 0. The minimum Gasteiger partial charge on any atom is -0.481 e. The highest BCUT2D eigenvalue weighted by Crippen LogP contribution is 1.99. The summed E-state index contributed by atoms with van der Waals surface area (Å²) in [5.74, 6) is -1.67. The Kier molecular flexibility index (Phi) is 6.00. The number of amides is 2. The smallest absolute Gasteiger partial charge is 0.303 e. The Morgan fingerprint density at radius 2 is 1.68 bits per heavy atom. The van der Waals surface area contributed by atoms with Gasteiger partial charge in [0.2, 0.25) is 5.91 Å². The fourth-order valence-corrected chi connectivity index (χ4v) is 1.33. The van der Waals surface area contributed by atoms with Gasteiger partial charge in [-0.1, -0.05) is 0 Å². The number of nitrogens with one attached hydrogen (secondary N) is 2. The van der Waals surface area contributed by atoms with Gasteiger partial charge in [0, 0.05) is 30.8 Å². The van der Waals surface area contributed by atoms with Gasteiger partial charge in [-0.05, 0) is 25.0 Å². The molecule has 1 aromatic heterocycles. The zero-order chi connectivity index (χ0) is 14.1. The molecule has 3 N–H and O–H groups in total. The van der Waals surface area contributed by atoms with Crippen molar-refractivity contribution in [2.45, 2.75) is 25.7 Å².